The topological polar surface area (TPSA) is 113 Å². The van der Waals surface area contributed by atoms with Crippen molar-refractivity contribution in [1.29, 1.82) is 0 Å². The molecule has 2 unspecified atom stereocenters. The van der Waals surface area contributed by atoms with Crippen LogP contribution in [0.5, 0.6) is 0 Å². The monoisotopic (exact) mass is 388 g/mol. The molecule has 0 aromatic heterocycles. The summed E-state index contributed by atoms with van der Waals surface area (Å²) in [5.41, 5.74) is 0. The molecule has 11 heteroatoms. The SMILES string of the molecule is COCCOCC(COCCOC)OC(O)OC(OCCOC)OOC. The number of hydrogen-bond acceptors (Lipinski definition) is 11. The van der Waals surface area contributed by atoms with Crippen LogP contribution >= 0.6 is 0 Å². The second kappa shape index (κ2) is 19.3. The summed E-state index contributed by atoms with van der Waals surface area (Å²) < 4.78 is 41.0. The fourth-order valence-corrected chi connectivity index (χ4v) is 1.53. The van der Waals surface area contributed by atoms with Gasteiger partial charge in [0, 0.05) is 21.3 Å². The lowest BCUT2D eigenvalue weighted by atomic mass is 10.4. The van der Waals surface area contributed by atoms with Crippen LogP contribution < -0.4 is 0 Å². The molecule has 0 radical (unpaired) electrons. The average molecular weight is 388 g/mol. The van der Waals surface area contributed by atoms with Crippen LogP contribution in [0.3, 0.4) is 0 Å². The van der Waals surface area contributed by atoms with Gasteiger partial charge in [-0.25, -0.2) is 4.89 Å². The molecular weight excluding hydrogens is 356 g/mol. The van der Waals surface area contributed by atoms with E-state index in [-0.39, 0.29) is 19.8 Å². The largest absolute Gasteiger partial charge is 0.382 e. The summed E-state index contributed by atoms with van der Waals surface area (Å²) in [4.78, 5) is 9.22. The van der Waals surface area contributed by atoms with Crippen LogP contribution in [0.15, 0.2) is 0 Å². The molecule has 0 rings (SSSR count). The molecule has 0 aliphatic carbocycles. The van der Waals surface area contributed by atoms with E-state index in [4.69, 9.17) is 42.8 Å². The second-order valence-electron chi connectivity index (χ2n) is 4.75. The van der Waals surface area contributed by atoms with E-state index in [1.165, 1.54) is 14.2 Å². The summed E-state index contributed by atoms with van der Waals surface area (Å²) in [5, 5.41) is 9.93. The molecule has 0 aliphatic heterocycles. The zero-order valence-electron chi connectivity index (χ0n) is 15.9. The Morgan fingerprint density at radius 2 is 1.23 bits per heavy atom. The Morgan fingerprint density at radius 3 is 1.73 bits per heavy atom. The summed E-state index contributed by atoms with van der Waals surface area (Å²) in [6, 6.07) is 0. The number of hydrogen-bond donors (Lipinski definition) is 1. The summed E-state index contributed by atoms with van der Waals surface area (Å²) in [5.74, 6) is 0. The average Bonchev–Trinajstić information content (AvgIpc) is 2.62. The van der Waals surface area contributed by atoms with Crippen molar-refractivity contribution in [3.8, 4) is 0 Å². The van der Waals surface area contributed by atoms with E-state index in [2.05, 4.69) is 4.89 Å². The molecule has 0 saturated carbocycles. The molecule has 0 fully saturated rings. The third-order valence-electron chi connectivity index (χ3n) is 2.72. The maximum atomic E-state index is 9.93. The van der Waals surface area contributed by atoms with Crippen molar-refractivity contribution in [2.45, 2.75) is 19.1 Å². The molecule has 26 heavy (non-hydrogen) atoms. The van der Waals surface area contributed by atoms with Gasteiger partial charge >= 0.3 is 6.48 Å². The lowest BCUT2D eigenvalue weighted by Gasteiger charge is -2.24. The van der Waals surface area contributed by atoms with Crippen molar-refractivity contribution in [3.63, 3.8) is 0 Å². The minimum Gasteiger partial charge on any atom is -0.382 e. The van der Waals surface area contributed by atoms with Gasteiger partial charge in [0.15, 0.2) is 0 Å². The van der Waals surface area contributed by atoms with Crippen molar-refractivity contribution in [1.82, 2.24) is 0 Å². The molecule has 0 spiro atoms. The van der Waals surface area contributed by atoms with Gasteiger partial charge in [-0.1, -0.05) is 0 Å². The van der Waals surface area contributed by atoms with Gasteiger partial charge in [-0.05, 0) is 0 Å². The van der Waals surface area contributed by atoms with Gasteiger partial charge < -0.3 is 38.3 Å². The predicted octanol–water partition coefficient (Wildman–Crippen LogP) is -0.485. The molecule has 0 amide bonds. The Morgan fingerprint density at radius 1 is 0.692 bits per heavy atom. The van der Waals surface area contributed by atoms with Crippen LogP contribution in [0, 0.1) is 0 Å². The highest BCUT2D eigenvalue weighted by atomic mass is 17.3. The van der Waals surface area contributed by atoms with Crippen LogP contribution in [0.4, 0.5) is 0 Å². The Kier molecular flexibility index (Phi) is 19.0. The molecular formula is C15H32O11. The first-order valence-corrected chi connectivity index (χ1v) is 8.10. The first-order chi connectivity index (χ1) is 12.7. The van der Waals surface area contributed by atoms with Gasteiger partial charge in [0.25, 0.3) is 6.48 Å². The van der Waals surface area contributed by atoms with Gasteiger partial charge in [-0.3, -0.25) is 4.74 Å². The summed E-state index contributed by atoms with van der Waals surface area (Å²) >= 11 is 0. The first kappa shape index (κ1) is 25.6. The zero-order valence-corrected chi connectivity index (χ0v) is 15.9. The molecule has 1 N–H and O–H groups in total. The maximum absolute atomic E-state index is 9.93. The second-order valence-corrected chi connectivity index (χ2v) is 4.75. The van der Waals surface area contributed by atoms with Gasteiger partial charge in [-0.15, -0.1) is 0 Å². The third-order valence-corrected chi connectivity index (χ3v) is 2.72. The molecule has 0 saturated heterocycles. The summed E-state index contributed by atoms with van der Waals surface area (Å²) in [6.07, 6.45) is -0.596. The highest BCUT2D eigenvalue weighted by Gasteiger charge is 2.21. The first-order valence-electron chi connectivity index (χ1n) is 8.10. The van der Waals surface area contributed by atoms with Crippen LogP contribution in [0.25, 0.3) is 0 Å². The van der Waals surface area contributed by atoms with Crippen LogP contribution in [-0.4, -0.2) is 105 Å². The highest BCUT2D eigenvalue weighted by Crippen LogP contribution is 2.07. The van der Waals surface area contributed by atoms with Crippen molar-refractivity contribution >= 4 is 0 Å². The van der Waals surface area contributed by atoms with Gasteiger partial charge in [0.1, 0.15) is 6.10 Å². The Balaban J connectivity index is 4.31. The molecule has 0 aromatic carbocycles. The van der Waals surface area contributed by atoms with Crippen molar-refractivity contribution in [3.05, 3.63) is 0 Å². The maximum Gasteiger partial charge on any atom is 0.305 e. The summed E-state index contributed by atoms with van der Waals surface area (Å²) in [7, 11) is 5.94. The van der Waals surface area contributed by atoms with E-state index in [1.54, 1.807) is 14.2 Å². The number of aliphatic hydroxyl groups is 1. The van der Waals surface area contributed by atoms with E-state index >= 15 is 0 Å². The lowest BCUT2D eigenvalue weighted by Crippen LogP contribution is -2.36. The Bertz CT molecular complexity index is 270. The van der Waals surface area contributed by atoms with Crippen LogP contribution in [0.2, 0.25) is 0 Å². The predicted molar refractivity (Wildman–Crippen MR) is 87.1 cm³/mol. The minimum atomic E-state index is -1.65. The smallest absolute Gasteiger partial charge is 0.305 e. The van der Waals surface area contributed by atoms with Crippen molar-refractivity contribution in [2.24, 2.45) is 0 Å². The molecule has 2 atom stereocenters. The van der Waals surface area contributed by atoms with Crippen LogP contribution in [-0.2, 0) is 47.7 Å². The molecule has 0 aromatic rings. The van der Waals surface area contributed by atoms with Crippen molar-refractivity contribution < 1.29 is 52.8 Å². The van der Waals surface area contributed by atoms with E-state index in [0.717, 1.165) is 0 Å². The van der Waals surface area contributed by atoms with E-state index in [1.807, 2.05) is 0 Å². The quantitative estimate of drug-likeness (QED) is 0.126. The van der Waals surface area contributed by atoms with Crippen LogP contribution in [0.1, 0.15) is 0 Å². The van der Waals surface area contributed by atoms with E-state index in [9.17, 15) is 5.11 Å². The number of rotatable bonds is 20. The van der Waals surface area contributed by atoms with Gasteiger partial charge in [0.05, 0.1) is 60.0 Å². The molecule has 0 bridgehead atoms. The fraction of sp³-hybridized carbons (Fsp3) is 1.00. The minimum absolute atomic E-state index is 0.164. The Labute approximate surface area is 154 Å². The normalized spacial score (nSPS) is 14.1. The third kappa shape index (κ3) is 15.8. The molecule has 158 valence electrons. The van der Waals surface area contributed by atoms with E-state index in [0.29, 0.717) is 33.0 Å². The fourth-order valence-electron chi connectivity index (χ4n) is 1.53. The van der Waals surface area contributed by atoms with Crippen molar-refractivity contribution in [2.75, 3.05) is 81.3 Å². The van der Waals surface area contributed by atoms with Gasteiger partial charge in [0.2, 0.25) is 0 Å². The number of aliphatic hydroxyl groups excluding tert-OH is 1. The zero-order chi connectivity index (χ0) is 19.5. The van der Waals surface area contributed by atoms with Gasteiger partial charge in [-0.2, -0.15) is 4.89 Å². The number of ether oxygens (including phenoxy) is 8. The highest BCUT2D eigenvalue weighted by molar-refractivity contribution is 4.55. The Hall–Kier alpha value is -0.440. The lowest BCUT2D eigenvalue weighted by molar-refractivity contribution is -0.478. The standard InChI is InChI=1S/C15H32O11/c1-17-5-8-21-11-13(12-22-9-6-18-2)24-14(16)25-15(26-20-4)23-10-7-19-3/h13-16H,5-12H2,1-4H3. The molecule has 0 heterocycles. The summed E-state index contributed by atoms with van der Waals surface area (Å²) in [6.45, 7) is -0.514. The van der Waals surface area contributed by atoms with E-state index < -0.39 is 19.1 Å². The number of methoxy groups -OCH3 is 3. The molecule has 0 aliphatic rings. The molecule has 11 nitrogen and oxygen atoms in total.